The zero-order valence-electron chi connectivity index (χ0n) is 3.81. The van der Waals surface area contributed by atoms with E-state index < -0.39 is 0 Å². The lowest BCUT2D eigenvalue weighted by atomic mass is 10.6. The highest BCUT2D eigenvalue weighted by molar-refractivity contribution is 4.74. The van der Waals surface area contributed by atoms with Gasteiger partial charge in [0.15, 0.2) is 0 Å². The summed E-state index contributed by atoms with van der Waals surface area (Å²) in [6, 6.07) is 0. The van der Waals surface area contributed by atoms with Crippen LogP contribution >= 0.6 is 0 Å². The molecule has 0 aromatic rings. The molecule has 0 saturated carbocycles. The Hall–Kier alpha value is -0.340. The van der Waals surface area contributed by atoms with E-state index in [0.717, 1.165) is 0 Å². The van der Waals surface area contributed by atoms with Gasteiger partial charge in [-0.1, -0.05) is 12.2 Å². The SMILES string of the molecule is CC=CCO.O. The summed E-state index contributed by atoms with van der Waals surface area (Å²) in [5.74, 6) is 0. The van der Waals surface area contributed by atoms with Gasteiger partial charge < -0.3 is 10.6 Å². The van der Waals surface area contributed by atoms with E-state index >= 15 is 0 Å². The molecule has 2 nitrogen and oxygen atoms in total. The van der Waals surface area contributed by atoms with Gasteiger partial charge in [-0.25, -0.2) is 0 Å². The highest BCUT2D eigenvalue weighted by Gasteiger charge is 1.52. The molecule has 0 radical (unpaired) electrons. The lowest BCUT2D eigenvalue weighted by molar-refractivity contribution is 0.342. The summed E-state index contributed by atoms with van der Waals surface area (Å²) < 4.78 is 0. The van der Waals surface area contributed by atoms with Crippen molar-refractivity contribution in [3.05, 3.63) is 12.2 Å². The van der Waals surface area contributed by atoms with E-state index in [1.807, 2.05) is 6.92 Å². The summed E-state index contributed by atoms with van der Waals surface area (Å²) in [6.45, 7) is 2.03. The summed E-state index contributed by atoms with van der Waals surface area (Å²) >= 11 is 0. The van der Waals surface area contributed by atoms with Gasteiger partial charge in [0.25, 0.3) is 0 Å². The van der Waals surface area contributed by atoms with Gasteiger partial charge in [-0.3, -0.25) is 0 Å². The molecule has 0 atom stereocenters. The number of aliphatic hydroxyl groups excluding tert-OH is 1. The van der Waals surface area contributed by atoms with Crippen molar-refractivity contribution in [3.8, 4) is 0 Å². The van der Waals surface area contributed by atoms with E-state index in [4.69, 9.17) is 5.11 Å². The third kappa shape index (κ3) is 9.40. The Morgan fingerprint density at radius 3 is 2.17 bits per heavy atom. The number of aliphatic hydroxyl groups is 1. The van der Waals surface area contributed by atoms with Crippen molar-refractivity contribution in [2.24, 2.45) is 0 Å². The fourth-order valence-corrected chi connectivity index (χ4v) is 0.105. The number of hydrogen-bond acceptors (Lipinski definition) is 1. The molecule has 0 amide bonds. The van der Waals surface area contributed by atoms with E-state index in [1.165, 1.54) is 0 Å². The predicted molar refractivity (Wildman–Crippen MR) is 25.5 cm³/mol. The van der Waals surface area contributed by atoms with Crippen LogP contribution in [0.5, 0.6) is 0 Å². The Labute approximate surface area is 37.4 Å². The lowest BCUT2D eigenvalue weighted by Crippen LogP contribution is -1.65. The molecule has 0 aliphatic rings. The Kier molecular flexibility index (Phi) is 13.5. The molecule has 0 aromatic carbocycles. The monoisotopic (exact) mass is 90.1 g/mol. The quantitative estimate of drug-likeness (QED) is 0.443. The smallest absolute Gasteiger partial charge is 0.0612 e. The van der Waals surface area contributed by atoms with Crippen LogP contribution in [-0.2, 0) is 0 Å². The third-order valence-corrected chi connectivity index (χ3v) is 0.341. The van der Waals surface area contributed by atoms with Crippen LogP contribution in [0.1, 0.15) is 6.92 Å². The van der Waals surface area contributed by atoms with Crippen LogP contribution < -0.4 is 0 Å². The van der Waals surface area contributed by atoms with Gasteiger partial charge in [0.2, 0.25) is 0 Å². The summed E-state index contributed by atoms with van der Waals surface area (Å²) in [5.41, 5.74) is 0. The van der Waals surface area contributed by atoms with Gasteiger partial charge in [0, 0.05) is 0 Å². The van der Waals surface area contributed by atoms with Gasteiger partial charge >= 0.3 is 0 Å². The normalized spacial score (nSPS) is 8.33. The lowest BCUT2D eigenvalue weighted by Gasteiger charge is -1.66. The van der Waals surface area contributed by atoms with Crippen molar-refractivity contribution in [2.45, 2.75) is 6.92 Å². The fraction of sp³-hybridized carbons (Fsp3) is 0.500. The van der Waals surface area contributed by atoms with Crippen molar-refractivity contribution in [1.29, 1.82) is 0 Å². The highest BCUT2D eigenvalue weighted by Crippen LogP contribution is 1.60. The van der Waals surface area contributed by atoms with Crippen molar-refractivity contribution in [1.82, 2.24) is 0 Å². The third-order valence-electron chi connectivity index (χ3n) is 0.341. The van der Waals surface area contributed by atoms with E-state index in [0.29, 0.717) is 0 Å². The van der Waals surface area contributed by atoms with E-state index in [2.05, 4.69) is 0 Å². The largest absolute Gasteiger partial charge is 0.412 e. The topological polar surface area (TPSA) is 51.7 Å². The molecular weight excluding hydrogens is 80.0 g/mol. The van der Waals surface area contributed by atoms with Gasteiger partial charge in [-0.2, -0.15) is 0 Å². The fourth-order valence-electron chi connectivity index (χ4n) is 0.105. The maximum Gasteiger partial charge on any atom is 0.0612 e. The van der Waals surface area contributed by atoms with Crippen LogP contribution in [0.25, 0.3) is 0 Å². The molecule has 0 aliphatic heterocycles. The first-order valence-electron chi connectivity index (χ1n) is 1.64. The second-order valence-electron chi connectivity index (χ2n) is 0.752. The minimum absolute atomic E-state index is 0. The molecule has 0 heterocycles. The molecule has 0 aliphatic carbocycles. The Balaban J connectivity index is 0. The van der Waals surface area contributed by atoms with E-state index in [-0.39, 0.29) is 12.1 Å². The van der Waals surface area contributed by atoms with Crippen molar-refractivity contribution in [3.63, 3.8) is 0 Å². The first kappa shape index (κ1) is 9.18. The van der Waals surface area contributed by atoms with Crippen molar-refractivity contribution in [2.75, 3.05) is 6.61 Å². The molecule has 0 aromatic heterocycles. The zero-order valence-corrected chi connectivity index (χ0v) is 3.81. The molecule has 0 fully saturated rings. The Bertz CT molecular complexity index is 32.5. The Morgan fingerprint density at radius 1 is 1.67 bits per heavy atom. The van der Waals surface area contributed by atoms with Gasteiger partial charge in [0.1, 0.15) is 0 Å². The molecule has 0 bridgehead atoms. The van der Waals surface area contributed by atoms with Crippen molar-refractivity contribution >= 4 is 0 Å². The highest BCUT2D eigenvalue weighted by atomic mass is 16.2. The van der Waals surface area contributed by atoms with Crippen molar-refractivity contribution < 1.29 is 10.6 Å². The molecule has 0 unspecified atom stereocenters. The van der Waals surface area contributed by atoms with Crippen LogP contribution in [0.3, 0.4) is 0 Å². The molecule has 38 valence electrons. The van der Waals surface area contributed by atoms with Crippen LogP contribution in [0, 0.1) is 0 Å². The standard InChI is InChI=1S/C4H8O.H2O/c1-2-3-4-5;/h2-3,5H,4H2,1H3;1H2. The average molecular weight is 90.1 g/mol. The number of rotatable bonds is 1. The summed E-state index contributed by atoms with van der Waals surface area (Å²) in [7, 11) is 0. The summed E-state index contributed by atoms with van der Waals surface area (Å²) in [5, 5.41) is 7.98. The average Bonchev–Trinajstić information content (AvgIpc) is 1.41. The summed E-state index contributed by atoms with van der Waals surface area (Å²) in [6.07, 6.45) is 3.49. The first-order valence-corrected chi connectivity index (χ1v) is 1.64. The molecule has 0 spiro atoms. The first-order chi connectivity index (χ1) is 2.41. The summed E-state index contributed by atoms with van der Waals surface area (Å²) in [4.78, 5) is 0. The van der Waals surface area contributed by atoms with Crippen LogP contribution in [0.2, 0.25) is 0 Å². The van der Waals surface area contributed by atoms with E-state index in [9.17, 15) is 0 Å². The van der Waals surface area contributed by atoms with Crippen LogP contribution in [0.4, 0.5) is 0 Å². The van der Waals surface area contributed by atoms with Crippen LogP contribution in [-0.4, -0.2) is 17.2 Å². The second-order valence-corrected chi connectivity index (χ2v) is 0.752. The van der Waals surface area contributed by atoms with Crippen LogP contribution in [0.15, 0.2) is 12.2 Å². The molecule has 3 N–H and O–H groups in total. The molecule has 0 rings (SSSR count). The number of allylic oxidation sites excluding steroid dienone is 1. The minimum Gasteiger partial charge on any atom is -0.412 e. The number of hydrogen-bond donors (Lipinski definition) is 1. The molecule has 0 saturated heterocycles. The van der Waals surface area contributed by atoms with Gasteiger partial charge in [-0.15, -0.1) is 0 Å². The minimum atomic E-state index is 0. The van der Waals surface area contributed by atoms with Gasteiger partial charge in [-0.05, 0) is 6.92 Å². The van der Waals surface area contributed by atoms with E-state index in [1.54, 1.807) is 12.2 Å². The van der Waals surface area contributed by atoms with Gasteiger partial charge in [0.05, 0.1) is 6.61 Å². The maximum absolute atomic E-state index is 7.98. The predicted octanol–water partition coefficient (Wildman–Crippen LogP) is -0.270. The Morgan fingerprint density at radius 2 is 2.17 bits per heavy atom. The molecule has 6 heavy (non-hydrogen) atoms. The molecule has 2 heteroatoms. The molecular formula is C4H10O2. The second kappa shape index (κ2) is 8.82. The maximum atomic E-state index is 7.98. The zero-order chi connectivity index (χ0) is 4.12.